The number of nitrogens with zero attached hydrogens (tertiary/aromatic N) is 2. The van der Waals surface area contributed by atoms with Crippen LogP contribution < -0.4 is 10.9 Å². The first-order valence-corrected chi connectivity index (χ1v) is 9.17. The molecule has 6 heteroatoms. The number of carbonyl (C=O) groups is 1. The average Bonchev–Trinajstić information content (AvgIpc) is 3.07. The van der Waals surface area contributed by atoms with Gasteiger partial charge in [0, 0.05) is 11.9 Å². The maximum atomic E-state index is 12.6. The Morgan fingerprint density at radius 1 is 1.15 bits per heavy atom. The van der Waals surface area contributed by atoms with Gasteiger partial charge in [-0.25, -0.2) is 4.98 Å². The second-order valence-corrected chi connectivity index (χ2v) is 7.44. The monoisotopic (exact) mass is 363 g/mol. The van der Waals surface area contributed by atoms with E-state index in [4.69, 9.17) is 0 Å². The Labute approximate surface area is 153 Å². The van der Waals surface area contributed by atoms with Gasteiger partial charge in [-0.3, -0.25) is 14.0 Å². The van der Waals surface area contributed by atoms with Crippen molar-refractivity contribution in [1.82, 2.24) is 9.38 Å². The molecule has 4 aromatic rings. The van der Waals surface area contributed by atoms with Gasteiger partial charge in [-0.15, -0.1) is 11.3 Å². The Morgan fingerprint density at radius 3 is 2.65 bits per heavy atom. The SMILES string of the molecule is CC(C)c1ccc(NC(=O)c2cc3c(=O)n4ccccc4nc3s2)cc1. The molecule has 26 heavy (non-hydrogen) atoms. The fourth-order valence-electron chi connectivity index (χ4n) is 2.80. The van der Waals surface area contributed by atoms with Crippen molar-refractivity contribution in [3.63, 3.8) is 0 Å². The molecule has 0 aliphatic carbocycles. The number of nitrogens with one attached hydrogen (secondary N) is 1. The topological polar surface area (TPSA) is 63.5 Å². The zero-order valence-corrected chi connectivity index (χ0v) is 15.2. The summed E-state index contributed by atoms with van der Waals surface area (Å²) in [5.41, 5.74) is 2.35. The predicted molar refractivity (Wildman–Crippen MR) is 105 cm³/mol. The number of rotatable bonds is 3. The van der Waals surface area contributed by atoms with E-state index in [1.807, 2.05) is 30.3 Å². The van der Waals surface area contributed by atoms with Gasteiger partial charge in [0.25, 0.3) is 11.5 Å². The molecule has 3 aromatic heterocycles. The second kappa shape index (κ2) is 6.38. The number of pyridine rings is 1. The first-order valence-electron chi connectivity index (χ1n) is 8.35. The van der Waals surface area contributed by atoms with E-state index in [-0.39, 0.29) is 11.5 Å². The van der Waals surface area contributed by atoms with Crippen LogP contribution in [-0.2, 0) is 0 Å². The summed E-state index contributed by atoms with van der Waals surface area (Å²) in [5.74, 6) is 0.203. The minimum atomic E-state index is -0.237. The number of benzene rings is 1. The molecule has 0 bridgehead atoms. The lowest BCUT2D eigenvalue weighted by Gasteiger charge is -2.07. The molecule has 0 aliphatic heterocycles. The maximum absolute atomic E-state index is 12.6. The molecule has 3 heterocycles. The number of hydrogen-bond donors (Lipinski definition) is 1. The van der Waals surface area contributed by atoms with Gasteiger partial charge in [-0.1, -0.05) is 32.0 Å². The highest BCUT2D eigenvalue weighted by Crippen LogP contribution is 2.24. The number of fused-ring (bicyclic) bond motifs is 2. The molecule has 0 atom stereocenters. The van der Waals surface area contributed by atoms with Crippen LogP contribution in [0.1, 0.15) is 35.0 Å². The number of thiophene rings is 1. The average molecular weight is 363 g/mol. The normalized spacial score (nSPS) is 11.3. The van der Waals surface area contributed by atoms with Gasteiger partial charge in [0.1, 0.15) is 10.5 Å². The van der Waals surface area contributed by atoms with Crippen molar-refractivity contribution in [2.45, 2.75) is 19.8 Å². The Bertz CT molecular complexity index is 1170. The van der Waals surface area contributed by atoms with E-state index >= 15 is 0 Å². The van der Waals surface area contributed by atoms with Crippen LogP contribution in [0.5, 0.6) is 0 Å². The van der Waals surface area contributed by atoms with Gasteiger partial charge in [-0.2, -0.15) is 0 Å². The van der Waals surface area contributed by atoms with E-state index in [9.17, 15) is 9.59 Å². The van der Waals surface area contributed by atoms with Gasteiger partial charge >= 0.3 is 0 Å². The van der Waals surface area contributed by atoms with Crippen LogP contribution in [0.15, 0.2) is 59.5 Å². The standard InChI is InChI=1S/C20H17N3O2S/c1-12(2)13-6-8-14(9-7-13)21-18(24)16-11-15-19(26-16)22-17-5-3-4-10-23(17)20(15)25/h3-12H,1-2H3,(H,21,24). The molecule has 0 radical (unpaired) electrons. The maximum Gasteiger partial charge on any atom is 0.266 e. The van der Waals surface area contributed by atoms with Crippen molar-refractivity contribution >= 4 is 38.8 Å². The third kappa shape index (κ3) is 2.88. The van der Waals surface area contributed by atoms with Crippen molar-refractivity contribution < 1.29 is 4.79 Å². The zero-order chi connectivity index (χ0) is 18.3. The number of aromatic nitrogens is 2. The van der Waals surface area contributed by atoms with Crippen LogP contribution in [0.25, 0.3) is 15.9 Å². The number of anilines is 1. The summed E-state index contributed by atoms with van der Waals surface area (Å²) >= 11 is 1.23. The fourth-order valence-corrected chi connectivity index (χ4v) is 3.73. The summed E-state index contributed by atoms with van der Waals surface area (Å²) in [6.07, 6.45) is 1.68. The van der Waals surface area contributed by atoms with Crippen molar-refractivity contribution in [3.05, 3.63) is 75.5 Å². The van der Waals surface area contributed by atoms with Crippen molar-refractivity contribution in [2.24, 2.45) is 0 Å². The molecule has 1 aromatic carbocycles. The Morgan fingerprint density at radius 2 is 1.92 bits per heavy atom. The molecule has 5 nitrogen and oxygen atoms in total. The summed E-state index contributed by atoms with van der Waals surface area (Å²) in [4.78, 5) is 30.7. The van der Waals surface area contributed by atoms with E-state index < -0.39 is 0 Å². The Kier molecular flexibility index (Phi) is 4.05. The summed E-state index contributed by atoms with van der Waals surface area (Å²) in [6, 6.07) is 14.8. The molecule has 0 aliphatic rings. The smallest absolute Gasteiger partial charge is 0.266 e. The van der Waals surface area contributed by atoms with Crippen LogP contribution in [0, 0.1) is 0 Å². The number of carbonyl (C=O) groups excluding carboxylic acids is 1. The highest BCUT2D eigenvalue weighted by molar-refractivity contribution is 7.20. The highest BCUT2D eigenvalue weighted by Gasteiger charge is 2.15. The Hall–Kier alpha value is -2.99. The number of amides is 1. The van der Waals surface area contributed by atoms with E-state index in [1.54, 1.807) is 24.4 Å². The van der Waals surface area contributed by atoms with Gasteiger partial charge < -0.3 is 5.32 Å². The molecule has 1 amide bonds. The molecule has 0 spiro atoms. The minimum Gasteiger partial charge on any atom is -0.321 e. The van der Waals surface area contributed by atoms with Crippen molar-refractivity contribution in [1.29, 1.82) is 0 Å². The van der Waals surface area contributed by atoms with Crippen LogP contribution in [0.4, 0.5) is 5.69 Å². The van der Waals surface area contributed by atoms with Crippen LogP contribution in [-0.4, -0.2) is 15.3 Å². The first kappa shape index (κ1) is 16.5. The minimum absolute atomic E-state index is 0.165. The molecule has 0 unspecified atom stereocenters. The zero-order valence-electron chi connectivity index (χ0n) is 14.4. The fraction of sp³-hybridized carbons (Fsp3) is 0.150. The lowest BCUT2D eigenvalue weighted by molar-refractivity contribution is 0.103. The van der Waals surface area contributed by atoms with Crippen molar-refractivity contribution in [2.75, 3.05) is 5.32 Å². The summed E-state index contributed by atoms with van der Waals surface area (Å²) in [7, 11) is 0. The molecule has 0 saturated heterocycles. The van der Waals surface area contributed by atoms with E-state index in [0.717, 1.165) is 5.69 Å². The van der Waals surface area contributed by atoms with Crippen molar-refractivity contribution in [3.8, 4) is 0 Å². The summed E-state index contributed by atoms with van der Waals surface area (Å²) in [6.45, 7) is 4.25. The van der Waals surface area contributed by atoms with Gasteiger partial charge in [0.05, 0.1) is 10.3 Å². The largest absolute Gasteiger partial charge is 0.321 e. The molecule has 130 valence electrons. The molecule has 1 N–H and O–H groups in total. The van der Waals surface area contributed by atoms with E-state index in [0.29, 0.717) is 26.7 Å². The molecule has 0 saturated carbocycles. The van der Waals surface area contributed by atoms with Crippen LogP contribution >= 0.6 is 11.3 Å². The van der Waals surface area contributed by atoms with E-state index in [2.05, 4.69) is 24.1 Å². The lowest BCUT2D eigenvalue weighted by atomic mass is 10.0. The quantitative estimate of drug-likeness (QED) is 0.591. The second-order valence-electron chi connectivity index (χ2n) is 6.41. The van der Waals surface area contributed by atoms with Crippen LogP contribution in [0.2, 0.25) is 0 Å². The third-order valence-corrected chi connectivity index (χ3v) is 5.30. The first-order chi connectivity index (χ1) is 12.5. The molecular formula is C20H17N3O2S. The van der Waals surface area contributed by atoms with Crippen LogP contribution in [0.3, 0.4) is 0 Å². The van der Waals surface area contributed by atoms with Gasteiger partial charge in [0.15, 0.2) is 0 Å². The summed E-state index contributed by atoms with van der Waals surface area (Å²) in [5, 5.41) is 3.34. The highest BCUT2D eigenvalue weighted by atomic mass is 32.1. The van der Waals surface area contributed by atoms with Gasteiger partial charge in [-0.05, 0) is 41.8 Å². The Balaban J connectivity index is 1.67. The van der Waals surface area contributed by atoms with Gasteiger partial charge in [0.2, 0.25) is 0 Å². The molecule has 4 rings (SSSR count). The molecule has 0 fully saturated rings. The third-order valence-electron chi connectivity index (χ3n) is 4.28. The lowest BCUT2D eigenvalue weighted by Crippen LogP contribution is -2.13. The van der Waals surface area contributed by atoms with E-state index in [1.165, 1.54) is 21.3 Å². The summed E-state index contributed by atoms with van der Waals surface area (Å²) < 4.78 is 1.49. The molecular weight excluding hydrogens is 346 g/mol. The predicted octanol–water partition coefficient (Wildman–Crippen LogP) is 4.28. The number of hydrogen-bond acceptors (Lipinski definition) is 4.